The summed E-state index contributed by atoms with van der Waals surface area (Å²) in [6.45, 7) is 9.69. The lowest BCUT2D eigenvalue weighted by molar-refractivity contribution is 0.0518. The molecule has 0 spiro atoms. The molecular formula is C22H25N5O2. The molecule has 29 heavy (non-hydrogen) atoms. The van der Waals surface area contributed by atoms with E-state index in [0.717, 1.165) is 43.3 Å². The van der Waals surface area contributed by atoms with Gasteiger partial charge in [0.05, 0.1) is 12.1 Å². The second-order valence-electron chi connectivity index (χ2n) is 7.24. The van der Waals surface area contributed by atoms with Crippen LogP contribution in [0.1, 0.15) is 28.5 Å². The highest BCUT2D eigenvalue weighted by atomic mass is 16.5. The first kappa shape index (κ1) is 19.1. The van der Waals surface area contributed by atoms with Crippen LogP contribution < -0.4 is 9.80 Å². The number of carbonyl (C=O) groups excluding carboxylic acids is 1. The van der Waals surface area contributed by atoms with Crippen LogP contribution in [0, 0.1) is 13.8 Å². The number of nitrogens with zero attached hydrogens (tertiary/aromatic N) is 5. The monoisotopic (exact) mass is 391 g/mol. The molecule has 1 fully saturated rings. The van der Waals surface area contributed by atoms with E-state index in [-0.39, 0.29) is 5.69 Å². The van der Waals surface area contributed by atoms with E-state index in [9.17, 15) is 4.79 Å². The van der Waals surface area contributed by atoms with Gasteiger partial charge in [-0.25, -0.2) is 9.78 Å². The number of para-hydroxylation sites is 1. The molecule has 1 aliphatic heterocycles. The molecule has 7 heteroatoms. The van der Waals surface area contributed by atoms with E-state index in [4.69, 9.17) is 9.72 Å². The third-order valence-electron chi connectivity index (χ3n) is 5.30. The fourth-order valence-corrected chi connectivity index (χ4v) is 3.68. The molecular weight excluding hydrogens is 366 g/mol. The molecule has 0 N–H and O–H groups in total. The average molecular weight is 391 g/mol. The fraction of sp³-hybridized carbons (Fsp3) is 0.364. The van der Waals surface area contributed by atoms with Crippen LogP contribution in [0.3, 0.4) is 0 Å². The molecule has 3 aromatic rings. The molecule has 4 rings (SSSR count). The number of aryl methyl sites for hydroxylation is 2. The number of benzene rings is 1. The van der Waals surface area contributed by atoms with Gasteiger partial charge in [-0.2, -0.15) is 0 Å². The Hall–Kier alpha value is -3.22. The molecule has 0 bridgehead atoms. The Morgan fingerprint density at radius 3 is 2.34 bits per heavy atom. The summed E-state index contributed by atoms with van der Waals surface area (Å²) in [5.41, 5.74) is 3.75. The van der Waals surface area contributed by atoms with Gasteiger partial charge in [-0.1, -0.05) is 18.2 Å². The van der Waals surface area contributed by atoms with Crippen molar-refractivity contribution in [1.29, 1.82) is 0 Å². The number of hydrogen-bond donors (Lipinski definition) is 0. The van der Waals surface area contributed by atoms with Crippen LogP contribution >= 0.6 is 0 Å². The molecule has 0 aliphatic carbocycles. The lowest BCUT2D eigenvalue weighted by atomic mass is 10.1. The van der Waals surface area contributed by atoms with Crippen molar-refractivity contribution in [3.05, 3.63) is 53.2 Å². The minimum absolute atomic E-state index is 0.237. The fourth-order valence-electron chi connectivity index (χ4n) is 3.68. The highest BCUT2D eigenvalue weighted by Crippen LogP contribution is 2.26. The summed E-state index contributed by atoms with van der Waals surface area (Å²) in [5, 5.41) is 9.44. The quantitative estimate of drug-likeness (QED) is 0.633. The lowest BCUT2D eigenvalue weighted by Gasteiger charge is -2.36. The molecule has 3 heterocycles. The standard InChI is InChI=1S/C22H25N5O2/c1-4-29-22(28)18-8-9-19(25-24-18)26-10-12-27(13-11-26)20-14-16(3)17-7-5-6-15(2)21(17)23-20/h5-9,14H,4,10-13H2,1-3H3. The average Bonchev–Trinajstić information content (AvgIpc) is 2.75. The molecule has 7 nitrogen and oxygen atoms in total. The summed E-state index contributed by atoms with van der Waals surface area (Å²) >= 11 is 0. The number of fused-ring (bicyclic) bond motifs is 1. The van der Waals surface area contributed by atoms with Crippen molar-refractivity contribution in [3.63, 3.8) is 0 Å². The summed E-state index contributed by atoms with van der Waals surface area (Å²) < 4.78 is 4.96. The van der Waals surface area contributed by atoms with Crippen molar-refractivity contribution in [2.24, 2.45) is 0 Å². The summed E-state index contributed by atoms with van der Waals surface area (Å²) in [4.78, 5) is 21.2. The van der Waals surface area contributed by atoms with E-state index in [1.807, 2.05) is 6.07 Å². The van der Waals surface area contributed by atoms with Gasteiger partial charge in [-0.05, 0) is 50.1 Å². The summed E-state index contributed by atoms with van der Waals surface area (Å²) in [6.07, 6.45) is 0. The zero-order valence-electron chi connectivity index (χ0n) is 17.1. The predicted octanol–water partition coefficient (Wildman–Crippen LogP) is 3.14. The Morgan fingerprint density at radius 2 is 1.69 bits per heavy atom. The van der Waals surface area contributed by atoms with E-state index in [1.54, 1.807) is 13.0 Å². The maximum absolute atomic E-state index is 11.7. The highest BCUT2D eigenvalue weighted by molar-refractivity contribution is 5.87. The van der Waals surface area contributed by atoms with E-state index in [0.29, 0.717) is 6.61 Å². The Balaban J connectivity index is 1.46. The lowest BCUT2D eigenvalue weighted by Crippen LogP contribution is -2.47. The topological polar surface area (TPSA) is 71.5 Å². The molecule has 0 unspecified atom stereocenters. The van der Waals surface area contributed by atoms with Gasteiger partial charge in [0.15, 0.2) is 11.5 Å². The van der Waals surface area contributed by atoms with Gasteiger partial charge in [-0.15, -0.1) is 10.2 Å². The first-order chi connectivity index (χ1) is 14.1. The van der Waals surface area contributed by atoms with Crippen LogP contribution in [0.4, 0.5) is 11.6 Å². The van der Waals surface area contributed by atoms with Crippen LogP contribution in [-0.4, -0.2) is 53.9 Å². The number of piperazine rings is 1. The molecule has 1 aliphatic rings. The van der Waals surface area contributed by atoms with Gasteiger partial charge in [0.2, 0.25) is 0 Å². The maximum Gasteiger partial charge on any atom is 0.358 e. The van der Waals surface area contributed by atoms with E-state index >= 15 is 0 Å². The summed E-state index contributed by atoms with van der Waals surface area (Å²) in [6, 6.07) is 12.0. The zero-order chi connectivity index (χ0) is 20.4. The third-order valence-corrected chi connectivity index (χ3v) is 5.30. The SMILES string of the molecule is CCOC(=O)c1ccc(N2CCN(c3cc(C)c4cccc(C)c4n3)CC2)nn1. The normalized spacial score (nSPS) is 14.3. The predicted molar refractivity (Wildman–Crippen MR) is 114 cm³/mol. The van der Waals surface area contributed by atoms with Crippen molar-refractivity contribution in [1.82, 2.24) is 15.2 Å². The Labute approximate surface area is 170 Å². The highest BCUT2D eigenvalue weighted by Gasteiger charge is 2.21. The molecule has 0 atom stereocenters. The van der Waals surface area contributed by atoms with Crippen LogP contribution in [0.5, 0.6) is 0 Å². The third kappa shape index (κ3) is 3.85. The van der Waals surface area contributed by atoms with Gasteiger partial charge in [0.1, 0.15) is 5.82 Å². The van der Waals surface area contributed by atoms with Crippen LogP contribution in [0.25, 0.3) is 10.9 Å². The smallest absolute Gasteiger partial charge is 0.358 e. The molecule has 1 saturated heterocycles. The van der Waals surface area contributed by atoms with E-state index in [1.165, 1.54) is 16.5 Å². The van der Waals surface area contributed by atoms with E-state index in [2.05, 4.69) is 58.1 Å². The first-order valence-electron chi connectivity index (χ1n) is 9.94. The summed E-state index contributed by atoms with van der Waals surface area (Å²) in [7, 11) is 0. The molecule has 0 amide bonds. The number of hydrogen-bond acceptors (Lipinski definition) is 7. The van der Waals surface area contributed by atoms with Gasteiger partial charge in [-0.3, -0.25) is 0 Å². The van der Waals surface area contributed by atoms with Crippen LogP contribution in [0.15, 0.2) is 36.4 Å². The molecule has 2 aromatic heterocycles. The molecule has 0 radical (unpaired) electrons. The number of rotatable bonds is 4. The van der Waals surface area contributed by atoms with Crippen molar-refractivity contribution in [2.45, 2.75) is 20.8 Å². The number of pyridine rings is 1. The number of anilines is 2. The van der Waals surface area contributed by atoms with Gasteiger partial charge in [0, 0.05) is 31.6 Å². The Kier molecular flexibility index (Phi) is 5.29. The second-order valence-corrected chi connectivity index (χ2v) is 7.24. The van der Waals surface area contributed by atoms with Crippen LogP contribution in [0.2, 0.25) is 0 Å². The largest absolute Gasteiger partial charge is 0.461 e. The number of esters is 1. The molecule has 0 saturated carbocycles. The number of carbonyl (C=O) groups is 1. The Morgan fingerprint density at radius 1 is 0.966 bits per heavy atom. The van der Waals surface area contributed by atoms with Crippen molar-refractivity contribution >= 4 is 28.5 Å². The zero-order valence-corrected chi connectivity index (χ0v) is 17.1. The first-order valence-corrected chi connectivity index (χ1v) is 9.94. The van der Waals surface area contributed by atoms with Crippen molar-refractivity contribution in [2.75, 3.05) is 42.6 Å². The molecule has 1 aromatic carbocycles. The van der Waals surface area contributed by atoms with Gasteiger partial charge in [0.25, 0.3) is 0 Å². The summed E-state index contributed by atoms with van der Waals surface area (Å²) in [5.74, 6) is 1.35. The van der Waals surface area contributed by atoms with Crippen LogP contribution in [-0.2, 0) is 4.74 Å². The van der Waals surface area contributed by atoms with Crippen molar-refractivity contribution < 1.29 is 9.53 Å². The minimum Gasteiger partial charge on any atom is -0.461 e. The second kappa shape index (κ2) is 8.03. The molecule has 150 valence electrons. The number of ether oxygens (including phenoxy) is 1. The van der Waals surface area contributed by atoms with Gasteiger partial charge >= 0.3 is 5.97 Å². The Bertz CT molecular complexity index is 1030. The van der Waals surface area contributed by atoms with Gasteiger partial charge < -0.3 is 14.5 Å². The van der Waals surface area contributed by atoms with Crippen molar-refractivity contribution in [3.8, 4) is 0 Å². The van der Waals surface area contributed by atoms with E-state index < -0.39 is 5.97 Å². The number of aromatic nitrogens is 3. The maximum atomic E-state index is 11.7. The minimum atomic E-state index is -0.440.